The molecule has 2 heterocycles. The first-order valence-electron chi connectivity index (χ1n) is 10.2. The summed E-state index contributed by atoms with van der Waals surface area (Å²) in [6.07, 6.45) is 1.61. The van der Waals surface area contributed by atoms with Gasteiger partial charge in [0.05, 0.1) is 18.0 Å². The van der Waals surface area contributed by atoms with E-state index in [4.69, 9.17) is 13.3 Å². The molecule has 0 N–H and O–H groups in total. The highest BCUT2D eigenvalue weighted by Crippen LogP contribution is 2.27. The molecule has 2 aromatic heterocycles. The summed E-state index contributed by atoms with van der Waals surface area (Å²) in [5.74, 6) is 0.0143. The van der Waals surface area contributed by atoms with Gasteiger partial charge in [-0.3, -0.25) is 0 Å². The third kappa shape index (κ3) is 4.89. The number of ether oxygens (including phenoxy) is 1. The molecule has 9 nitrogen and oxygen atoms in total. The van der Waals surface area contributed by atoms with Crippen LogP contribution in [-0.4, -0.2) is 23.4 Å². The van der Waals surface area contributed by atoms with E-state index >= 15 is 0 Å². The van der Waals surface area contributed by atoms with Crippen molar-refractivity contribution in [3.63, 3.8) is 0 Å². The van der Waals surface area contributed by atoms with Crippen molar-refractivity contribution < 1.29 is 26.1 Å². The van der Waals surface area contributed by atoms with Crippen molar-refractivity contribution in [3.05, 3.63) is 107 Å². The Balaban J connectivity index is 1.42. The fourth-order valence-electron chi connectivity index (χ4n) is 3.30. The minimum atomic E-state index is -4.22. The molecule has 0 radical (unpaired) electrons. The molecule has 11 heteroatoms. The van der Waals surface area contributed by atoms with Gasteiger partial charge < -0.3 is 13.3 Å². The molecular formula is C24H16FN3O6S. The molecule has 35 heavy (non-hydrogen) atoms. The van der Waals surface area contributed by atoms with E-state index in [1.54, 1.807) is 6.20 Å². The number of nitrogens with zero attached hydrogens (tertiary/aromatic N) is 3. The topological polar surface area (TPSA) is 114 Å². The lowest BCUT2D eigenvalue weighted by Gasteiger charge is -2.09. The summed E-state index contributed by atoms with van der Waals surface area (Å²) in [4.78, 5) is 12.0. The van der Waals surface area contributed by atoms with Gasteiger partial charge in [-0.2, -0.15) is 8.42 Å². The van der Waals surface area contributed by atoms with Crippen LogP contribution in [0.5, 0.6) is 11.5 Å². The maximum Gasteiger partial charge on any atom is 0.339 e. The summed E-state index contributed by atoms with van der Waals surface area (Å²) < 4.78 is 55.6. The van der Waals surface area contributed by atoms with Gasteiger partial charge in [-0.25, -0.2) is 13.9 Å². The lowest BCUT2D eigenvalue weighted by atomic mass is 10.2. The summed E-state index contributed by atoms with van der Waals surface area (Å²) in [6, 6.07) is 18.9. The van der Waals surface area contributed by atoms with Gasteiger partial charge in [0.1, 0.15) is 40.1 Å². The molecule has 0 saturated carbocycles. The highest BCUT2D eigenvalue weighted by atomic mass is 32.2. The van der Waals surface area contributed by atoms with Crippen LogP contribution < -0.4 is 14.5 Å². The average Bonchev–Trinajstić information content (AvgIpc) is 3.32. The van der Waals surface area contributed by atoms with Crippen LogP contribution in [0.4, 0.5) is 4.39 Å². The van der Waals surface area contributed by atoms with E-state index in [9.17, 15) is 17.6 Å². The third-order valence-corrected chi connectivity index (χ3v) is 6.18. The van der Waals surface area contributed by atoms with Crippen molar-refractivity contribution in [2.75, 3.05) is 0 Å². The standard InChI is InChI=1S/C24H16FN3O6S/c25-16-6-9-20(10-7-16)35(30,31)34-19-8-11-21-22(13-24(29)33-23(21)12-19)28-14-17(26-27-28)15-32-18-4-2-1-3-5-18/h1-14H,15H2. The van der Waals surface area contributed by atoms with E-state index in [0.29, 0.717) is 22.5 Å². The van der Waals surface area contributed by atoms with Gasteiger partial charge in [0.25, 0.3) is 0 Å². The van der Waals surface area contributed by atoms with Crippen molar-refractivity contribution in [1.29, 1.82) is 0 Å². The molecule has 0 spiro atoms. The number of aromatic nitrogens is 3. The van der Waals surface area contributed by atoms with E-state index in [2.05, 4.69) is 10.3 Å². The minimum Gasteiger partial charge on any atom is -0.487 e. The summed E-state index contributed by atoms with van der Waals surface area (Å²) in [5, 5.41) is 8.61. The molecule has 0 bridgehead atoms. The molecule has 176 valence electrons. The first kappa shape index (κ1) is 22.3. The van der Waals surface area contributed by atoms with E-state index in [1.165, 1.54) is 28.9 Å². The van der Waals surface area contributed by atoms with Gasteiger partial charge in [-0.15, -0.1) is 5.10 Å². The zero-order chi connectivity index (χ0) is 24.4. The van der Waals surface area contributed by atoms with Gasteiger partial charge in [-0.05, 0) is 48.5 Å². The molecule has 0 saturated heterocycles. The SMILES string of the molecule is O=c1cc(-n2cc(COc3ccccc3)nn2)c2ccc(OS(=O)(=O)c3ccc(F)cc3)cc2o1. The van der Waals surface area contributed by atoms with E-state index in [1.807, 2.05) is 30.3 Å². The fraction of sp³-hybridized carbons (Fsp3) is 0.0417. The van der Waals surface area contributed by atoms with Crippen LogP contribution in [0.15, 0.2) is 99.2 Å². The van der Waals surface area contributed by atoms with Crippen LogP contribution in [0.3, 0.4) is 0 Å². The van der Waals surface area contributed by atoms with Crippen molar-refractivity contribution in [1.82, 2.24) is 15.0 Å². The molecule has 0 aliphatic carbocycles. The lowest BCUT2D eigenvalue weighted by molar-refractivity contribution is 0.301. The Morgan fingerprint density at radius 1 is 0.943 bits per heavy atom. The van der Waals surface area contributed by atoms with Crippen LogP contribution in [-0.2, 0) is 16.7 Å². The second kappa shape index (κ2) is 9.03. The summed E-state index contributed by atoms with van der Waals surface area (Å²) in [7, 11) is -4.22. The molecule has 0 aliphatic heterocycles. The van der Waals surface area contributed by atoms with Gasteiger partial charge in [-0.1, -0.05) is 23.4 Å². The first-order valence-corrected chi connectivity index (χ1v) is 11.7. The zero-order valence-electron chi connectivity index (χ0n) is 17.9. The Morgan fingerprint density at radius 3 is 2.49 bits per heavy atom. The smallest absolute Gasteiger partial charge is 0.339 e. The number of fused-ring (bicyclic) bond motifs is 1. The van der Waals surface area contributed by atoms with Gasteiger partial charge >= 0.3 is 15.7 Å². The highest BCUT2D eigenvalue weighted by Gasteiger charge is 2.18. The van der Waals surface area contributed by atoms with E-state index < -0.39 is 21.6 Å². The Kier molecular flexibility index (Phi) is 5.75. The number of benzene rings is 3. The van der Waals surface area contributed by atoms with Gasteiger partial charge in [0.15, 0.2) is 0 Å². The molecule has 3 aromatic carbocycles. The molecular weight excluding hydrogens is 477 g/mol. The number of halogens is 1. The van der Waals surface area contributed by atoms with Crippen molar-refractivity contribution >= 4 is 21.1 Å². The normalized spacial score (nSPS) is 11.5. The van der Waals surface area contributed by atoms with Crippen LogP contribution >= 0.6 is 0 Å². The monoisotopic (exact) mass is 493 g/mol. The summed E-state index contributed by atoms with van der Waals surface area (Å²) in [5.41, 5.74) is 0.309. The number of para-hydroxylation sites is 1. The average molecular weight is 493 g/mol. The third-order valence-electron chi connectivity index (χ3n) is 4.92. The number of hydrogen-bond donors (Lipinski definition) is 0. The molecule has 0 unspecified atom stereocenters. The van der Waals surface area contributed by atoms with Crippen LogP contribution in [0.2, 0.25) is 0 Å². The van der Waals surface area contributed by atoms with Crippen molar-refractivity contribution in [3.8, 4) is 17.2 Å². The van der Waals surface area contributed by atoms with Crippen LogP contribution in [0.1, 0.15) is 5.69 Å². The second-order valence-corrected chi connectivity index (χ2v) is 8.90. The molecule has 5 rings (SSSR count). The number of hydrogen-bond acceptors (Lipinski definition) is 8. The molecule has 0 aliphatic rings. The van der Waals surface area contributed by atoms with Crippen molar-refractivity contribution in [2.24, 2.45) is 0 Å². The van der Waals surface area contributed by atoms with Crippen LogP contribution in [0, 0.1) is 5.82 Å². The summed E-state index contributed by atoms with van der Waals surface area (Å²) in [6.45, 7) is 0.169. The Morgan fingerprint density at radius 2 is 1.71 bits per heavy atom. The predicted molar refractivity (Wildman–Crippen MR) is 122 cm³/mol. The number of rotatable bonds is 7. The lowest BCUT2D eigenvalue weighted by Crippen LogP contribution is -2.10. The molecule has 0 amide bonds. The first-order chi connectivity index (χ1) is 16.9. The minimum absolute atomic E-state index is 0.0805. The zero-order valence-corrected chi connectivity index (χ0v) is 18.7. The van der Waals surface area contributed by atoms with Gasteiger partial charge in [0.2, 0.25) is 0 Å². The predicted octanol–water partition coefficient (Wildman–Crippen LogP) is 3.86. The van der Waals surface area contributed by atoms with E-state index in [0.717, 1.165) is 24.3 Å². The fourth-order valence-corrected chi connectivity index (χ4v) is 4.22. The van der Waals surface area contributed by atoms with Crippen LogP contribution in [0.25, 0.3) is 16.7 Å². The second-order valence-electron chi connectivity index (χ2n) is 7.36. The van der Waals surface area contributed by atoms with Crippen molar-refractivity contribution in [2.45, 2.75) is 11.5 Å². The highest BCUT2D eigenvalue weighted by molar-refractivity contribution is 7.87. The molecule has 0 atom stereocenters. The Bertz CT molecular complexity index is 1670. The largest absolute Gasteiger partial charge is 0.487 e. The Labute approximate surface area is 198 Å². The summed E-state index contributed by atoms with van der Waals surface area (Å²) >= 11 is 0. The quantitative estimate of drug-likeness (QED) is 0.248. The maximum atomic E-state index is 13.1. The molecule has 5 aromatic rings. The molecule has 0 fully saturated rings. The maximum absolute atomic E-state index is 13.1. The van der Waals surface area contributed by atoms with Gasteiger partial charge in [0, 0.05) is 11.5 Å². The Hall–Kier alpha value is -4.51. The van der Waals surface area contributed by atoms with E-state index in [-0.39, 0.29) is 22.8 Å².